The van der Waals surface area contributed by atoms with E-state index in [1.165, 1.54) is 15.0 Å². The molecule has 0 bridgehead atoms. The lowest BCUT2D eigenvalue weighted by Gasteiger charge is -2.15. The lowest BCUT2D eigenvalue weighted by atomic mass is 10.0. The average molecular weight is 311 g/mol. The lowest BCUT2D eigenvalue weighted by Crippen LogP contribution is -2.30. The van der Waals surface area contributed by atoms with Crippen LogP contribution in [-0.4, -0.2) is 18.1 Å². The van der Waals surface area contributed by atoms with Gasteiger partial charge in [0.25, 0.3) is 0 Å². The zero-order valence-corrected chi connectivity index (χ0v) is 12.1. The first-order chi connectivity index (χ1) is 8.29. The minimum Gasteiger partial charge on any atom is -0.316 e. The number of likely N-dealkylation sites (N-methyl/N-ethyl adjacent to an activating group) is 1. The van der Waals surface area contributed by atoms with Crippen molar-refractivity contribution >= 4 is 27.3 Å². The number of rotatable bonds is 5. The van der Waals surface area contributed by atoms with Gasteiger partial charge >= 0.3 is 0 Å². The molecule has 0 aliphatic rings. The van der Waals surface area contributed by atoms with E-state index >= 15 is 0 Å². The first-order valence-corrected chi connectivity index (χ1v) is 7.26. The lowest BCUT2D eigenvalue weighted by molar-refractivity contribution is 0.554. The molecule has 0 amide bonds. The van der Waals surface area contributed by atoms with Crippen LogP contribution >= 0.6 is 27.3 Å². The number of halogens is 1. The van der Waals surface area contributed by atoms with Crippen LogP contribution in [0, 0.1) is 0 Å². The second-order valence-corrected chi connectivity index (χ2v) is 5.74. The molecule has 1 N–H and O–H groups in total. The fourth-order valence-electron chi connectivity index (χ4n) is 1.77. The molecule has 1 atom stereocenters. The molecule has 1 aromatic carbocycles. The molecule has 0 aliphatic carbocycles. The van der Waals surface area contributed by atoms with E-state index in [1.54, 1.807) is 11.3 Å². The van der Waals surface area contributed by atoms with E-state index in [9.17, 15) is 0 Å². The van der Waals surface area contributed by atoms with Gasteiger partial charge in [0.15, 0.2) is 0 Å². The summed E-state index contributed by atoms with van der Waals surface area (Å²) < 4.78 is 1.18. The third-order valence-corrected chi connectivity index (χ3v) is 4.31. The van der Waals surface area contributed by atoms with Crippen molar-refractivity contribution in [3.63, 3.8) is 0 Å². The molecule has 90 valence electrons. The molecule has 0 saturated heterocycles. The minimum absolute atomic E-state index is 0.430. The quantitative estimate of drug-likeness (QED) is 0.916. The van der Waals surface area contributed by atoms with Crippen molar-refractivity contribution in [1.29, 1.82) is 0 Å². The van der Waals surface area contributed by atoms with Crippen LogP contribution in [-0.2, 0) is 12.8 Å². The molecule has 2 nitrogen and oxygen atoms in total. The van der Waals surface area contributed by atoms with Crippen molar-refractivity contribution in [2.24, 2.45) is 0 Å². The summed E-state index contributed by atoms with van der Waals surface area (Å²) in [5, 5.41) is 6.58. The third-order valence-electron chi connectivity index (χ3n) is 2.74. The topological polar surface area (TPSA) is 24.9 Å². The Morgan fingerprint density at radius 2 is 2.18 bits per heavy atom. The van der Waals surface area contributed by atoms with Crippen molar-refractivity contribution in [3.8, 4) is 0 Å². The number of hydrogen-bond donors (Lipinski definition) is 1. The van der Waals surface area contributed by atoms with Gasteiger partial charge in [-0.2, -0.15) is 0 Å². The smallest absolute Gasteiger partial charge is 0.0940 e. The molecular formula is C13H15BrN2S. The Labute approximate surface area is 114 Å². The summed E-state index contributed by atoms with van der Waals surface area (Å²) in [5.74, 6) is 0. The van der Waals surface area contributed by atoms with Gasteiger partial charge in [0, 0.05) is 28.5 Å². The predicted octanol–water partition coefficient (Wildman–Crippen LogP) is 3.28. The van der Waals surface area contributed by atoms with Crippen LogP contribution in [0.15, 0.2) is 40.3 Å². The zero-order chi connectivity index (χ0) is 12.1. The monoisotopic (exact) mass is 310 g/mol. The second kappa shape index (κ2) is 6.28. The molecule has 1 unspecified atom stereocenters. The Kier molecular flexibility index (Phi) is 4.71. The molecule has 0 radical (unpaired) electrons. The van der Waals surface area contributed by atoms with Crippen molar-refractivity contribution in [3.05, 3.63) is 50.9 Å². The summed E-state index contributed by atoms with van der Waals surface area (Å²) in [6.07, 6.45) is 3.86. The van der Waals surface area contributed by atoms with E-state index in [4.69, 9.17) is 0 Å². The number of benzene rings is 1. The molecule has 0 fully saturated rings. The highest BCUT2D eigenvalue weighted by atomic mass is 79.9. The average Bonchev–Trinajstić information content (AvgIpc) is 2.84. The molecule has 1 heterocycles. The maximum atomic E-state index is 4.33. The molecule has 4 heteroatoms. The summed E-state index contributed by atoms with van der Waals surface area (Å²) in [4.78, 5) is 4.33. The number of hydrogen-bond acceptors (Lipinski definition) is 3. The summed E-state index contributed by atoms with van der Waals surface area (Å²) in [6.45, 7) is 0. The largest absolute Gasteiger partial charge is 0.316 e. The van der Waals surface area contributed by atoms with Gasteiger partial charge in [-0.3, -0.25) is 0 Å². The number of nitrogens with one attached hydrogen (secondary N) is 1. The van der Waals surface area contributed by atoms with Gasteiger partial charge < -0.3 is 5.32 Å². The van der Waals surface area contributed by atoms with E-state index in [1.807, 2.05) is 24.7 Å². The van der Waals surface area contributed by atoms with Crippen molar-refractivity contribution in [1.82, 2.24) is 10.3 Å². The standard InChI is InChI=1S/C13H15BrN2S/c1-15-11(9-13-16-6-7-17-13)8-10-4-2-3-5-12(10)14/h2-7,11,15H,8-9H2,1H3. The van der Waals surface area contributed by atoms with Gasteiger partial charge in [0.05, 0.1) is 5.01 Å². The summed E-state index contributed by atoms with van der Waals surface area (Å²) in [5.41, 5.74) is 1.34. The van der Waals surface area contributed by atoms with Gasteiger partial charge in [-0.1, -0.05) is 34.1 Å². The van der Waals surface area contributed by atoms with Gasteiger partial charge in [-0.05, 0) is 25.1 Å². The number of thiazole rings is 1. The summed E-state index contributed by atoms with van der Waals surface area (Å²) in [6, 6.07) is 8.81. The molecule has 1 aromatic heterocycles. The van der Waals surface area contributed by atoms with E-state index < -0.39 is 0 Å². The van der Waals surface area contributed by atoms with E-state index in [0.29, 0.717) is 6.04 Å². The second-order valence-electron chi connectivity index (χ2n) is 3.91. The van der Waals surface area contributed by atoms with Crippen LogP contribution in [0.3, 0.4) is 0 Å². The van der Waals surface area contributed by atoms with Crippen molar-refractivity contribution in [2.75, 3.05) is 7.05 Å². The maximum absolute atomic E-state index is 4.33. The van der Waals surface area contributed by atoms with Gasteiger partial charge in [0.2, 0.25) is 0 Å². The predicted molar refractivity (Wildman–Crippen MR) is 76.5 cm³/mol. The zero-order valence-electron chi connectivity index (χ0n) is 9.69. The van der Waals surface area contributed by atoms with Gasteiger partial charge in [-0.25, -0.2) is 4.98 Å². The van der Waals surface area contributed by atoms with E-state index in [2.05, 4.69) is 44.4 Å². The Bertz CT molecular complexity index is 456. The highest BCUT2D eigenvalue weighted by Crippen LogP contribution is 2.19. The molecule has 0 spiro atoms. The van der Waals surface area contributed by atoms with Crippen molar-refractivity contribution < 1.29 is 0 Å². The van der Waals surface area contributed by atoms with Crippen LogP contribution in [0.25, 0.3) is 0 Å². The highest BCUT2D eigenvalue weighted by Gasteiger charge is 2.11. The summed E-state index contributed by atoms with van der Waals surface area (Å²) in [7, 11) is 2.01. The molecule has 17 heavy (non-hydrogen) atoms. The van der Waals surface area contributed by atoms with Crippen LogP contribution in [0.5, 0.6) is 0 Å². The summed E-state index contributed by atoms with van der Waals surface area (Å²) >= 11 is 5.31. The first-order valence-electron chi connectivity index (χ1n) is 5.58. The molecule has 2 rings (SSSR count). The first kappa shape index (κ1) is 12.7. The van der Waals surface area contributed by atoms with Crippen LogP contribution < -0.4 is 5.32 Å². The fourth-order valence-corrected chi connectivity index (χ4v) is 2.91. The van der Waals surface area contributed by atoms with Gasteiger partial charge in [-0.15, -0.1) is 11.3 Å². The normalized spacial score (nSPS) is 12.6. The number of aromatic nitrogens is 1. The molecule has 0 aliphatic heterocycles. The highest BCUT2D eigenvalue weighted by molar-refractivity contribution is 9.10. The van der Waals surface area contributed by atoms with E-state index in [0.717, 1.165) is 12.8 Å². The van der Waals surface area contributed by atoms with Gasteiger partial charge in [0.1, 0.15) is 0 Å². The third kappa shape index (κ3) is 3.63. The molecule has 2 aromatic rings. The molecule has 0 saturated carbocycles. The Hall–Kier alpha value is -0.710. The Balaban J connectivity index is 2.03. The van der Waals surface area contributed by atoms with Crippen LogP contribution in [0.2, 0.25) is 0 Å². The SMILES string of the molecule is CNC(Cc1nccs1)Cc1ccccc1Br. The minimum atomic E-state index is 0.430. The fraction of sp³-hybridized carbons (Fsp3) is 0.308. The van der Waals surface area contributed by atoms with Crippen LogP contribution in [0.1, 0.15) is 10.6 Å². The Morgan fingerprint density at radius 1 is 1.35 bits per heavy atom. The Morgan fingerprint density at radius 3 is 2.82 bits per heavy atom. The number of nitrogens with zero attached hydrogens (tertiary/aromatic N) is 1. The molecular weight excluding hydrogens is 296 g/mol. The van der Waals surface area contributed by atoms with E-state index in [-0.39, 0.29) is 0 Å². The van der Waals surface area contributed by atoms with Crippen molar-refractivity contribution in [2.45, 2.75) is 18.9 Å². The maximum Gasteiger partial charge on any atom is 0.0940 e. The van der Waals surface area contributed by atoms with Crippen LogP contribution in [0.4, 0.5) is 0 Å².